The Bertz CT molecular complexity index is 599. The molecule has 1 nitrogen and oxygen atoms in total. The van der Waals surface area contributed by atoms with Gasteiger partial charge >= 0.3 is 0 Å². The lowest BCUT2D eigenvalue weighted by Gasteiger charge is -2.10. The maximum absolute atomic E-state index is 9.54. The molecule has 0 aromatic heterocycles. The van der Waals surface area contributed by atoms with Gasteiger partial charge in [0.1, 0.15) is 0 Å². The summed E-state index contributed by atoms with van der Waals surface area (Å²) in [5.74, 6) is 0. The molecular weight excluding hydrogens is 323 g/mol. The van der Waals surface area contributed by atoms with Gasteiger partial charge in [-0.25, -0.2) is 0 Å². The van der Waals surface area contributed by atoms with Gasteiger partial charge in [-0.3, -0.25) is 0 Å². The lowest BCUT2D eigenvalue weighted by atomic mass is 10.1. The minimum Gasteiger partial charge on any atom is -0.389 e. The first-order chi connectivity index (χ1) is 8.97. The van der Waals surface area contributed by atoms with Gasteiger partial charge in [0.2, 0.25) is 0 Å². The molecule has 2 aromatic carbocycles. The van der Waals surface area contributed by atoms with Gasteiger partial charge in [-0.2, -0.15) is 0 Å². The first-order valence-corrected chi connectivity index (χ1v) is 7.53. The molecule has 0 saturated carbocycles. The van der Waals surface area contributed by atoms with Crippen molar-refractivity contribution in [2.24, 2.45) is 0 Å². The fourth-order valence-electron chi connectivity index (χ4n) is 1.59. The van der Waals surface area contributed by atoms with Crippen LogP contribution < -0.4 is 0 Å². The zero-order valence-corrected chi connectivity index (χ0v) is 13.1. The van der Waals surface area contributed by atoms with Crippen LogP contribution in [0.25, 0.3) is 0 Å². The average Bonchev–Trinajstić information content (AvgIpc) is 2.33. The minimum absolute atomic E-state index is 0.540. The van der Waals surface area contributed by atoms with E-state index in [4.69, 9.17) is 34.8 Å². The predicted molar refractivity (Wildman–Crippen MR) is 82.7 cm³/mol. The summed E-state index contributed by atoms with van der Waals surface area (Å²) < 4.78 is 0. The van der Waals surface area contributed by atoms with E-state index in [1.54, 1.807) is 19.1 Å². The summed E-state index contributed by atoms with van der Waals surface area (Å²) in [4.78, 5) is 1.81. The summed E-state index contributed by atoms with van der Waals surface area (Å²) in [5, 5.41) is 11.4. The summed E-state index contributed by atoms with van der Waals surface area (Å²) >= 11 is 19.7. The standard InChI is InChI=1S/C14H11Cl3OS/c1-8(18)11-4-3-10(7-13(11)17)19-14-6-9(15)2-5-12(14)16/h2-8,18H,1H3. The van der Waals surface area contributed by atoms with Gasteiger partial charge in [0.25, 0.3) is 0 Å². The smallest absolute Gasteiger partial charge is 0.0776 e. The molecule has 0 bridgehead atoms. The number of benzene rings is 2. The highest BCUT2D eigenvalue weighted by Crippen LogP contribution is 2.37. The zero-order chi connectivity index (χ0) is 14.0. The van der Waals surface area contributed by atoms with E-state index in [2.05, 4.69) is 0 Å². The largest absolute Gasteiger partial charge is 0.389 e. The zero-order valence-electron chi connectivity index (χ0n) is 10.0. The van der Waals surface area contributed by atoms with Crippen LogP contribution in [0.3, 0.4) is 0 Å². The molecule has 0 fully saturated rings. The van der Waals surface area contributed by atoms with E-state index in [0.29, 0.717) is 20.6 Å². The molecule has 19 heavy (non-hydrogen) atoms. The van der Waals surface area contributed by atoms with Gasteiger partial charge in [-0.05, 0) is 42.8 Å². The first-order valence-electron chi connectivity index (χ1n) is 5.58. The molecule has 100 valence electrons. The van der Waals surface area contributed by atoms with Crippen LogP contribution in [0, 0.1) is 0 Å². The van der Waals surface area contributed by atoms with Gasteiger partial charge in [0.15, 0.2) is 0 Å². The fourth-order valence-corrected chi connectivity index (χ4v) is 3.38. The minimum atomic E-state index is -0.582. The molecule has 0 spiro atoms. The summed E-state index contributed by atoms with van der Waals surface area (Å²) in [6.45, 7) is 1.68. The Hall–Kier alpha value is -0.380. The van der Waals surface area contributed by atoms with Crippen LogP contribution in [-0.4, -0.2) is 5.11 Å². The molecular formula is C14H11Cl3OS. The summed E-state index contributed by atoms with van der Waals surface area (Å²) in [7, 11) is 0. The van der Waals surface area contributed by atoms with Crippen molar-refractivity contribution in [3.8, 4) is 0 Å². The third kappa shape index (κ3) is 3.80. The molecule has 0 aliphatic heterocycles. The van der Waals surface area contributed by atoms with Crippen LogP contribution in [0.5, 0.6) is 0 Å². The Balaban J connectivity index is 2.29. The number of halogens is 3. The monoisotopic (exact) mass is 332 g/mol. The van der Waals surface area contributed by atoms with Crippen LogP contribution in [-0.2, 0) is 0 Å². The Morgan fingerprint density at radius 3 is 2.37 bits per heavy atom. The quantitative estimate of drug-likeness (QED) is 0.760. The molecule has 0 aliphatic rings. The molecule has 2 aromatic rings. The summed E-state index contributed by atoms with van der Waals surface area (Å²) in [6.07, 6.45) is -0.582. The van der Waals surface area contributed by atoms with Gasteiger partial charge in [-0.15, -0.1) is 0 Å². The van der Waals surface area contributed by atoms with Crippen molar-refractivity contribution >= 4 is 46.6 Å². The number of hydrogen-bond acceptors (Lipinski definition) is 2. The Kier molecular flexibility index (Phi) is 5.04. The number of hydrogen-bond donors (Lipinski definition) is 1. The molecule has 2 rings (SSSR count). The van der Waals surface area contributed by atoms with Crippen LogP contribution in [0.15, 0.2) is 46.2 Å². The maximum Gasteiger partial charge on any atom is 0.0776 e. The second-order valence-electron chi connectivity index (χ2n) is 4.04. The Morgan fingerprint density at radius 1 is 1.00 bits per heavy atom. The Morgan fingerprint density at radius 2 is 1.74 bits per heavy atom. The Labute approximate surface area is 131 Å². The molecule has 1 atom stereocenters. The number of rotatable bonds is 3. The van der Waals surface area contributed by atoms with Gasteiger partial charge < -0.3 is 5.11 Å². The third-order valence-electron chi connectivity index (χ3n) is 2.54. The van der Waals surface area contributed by atoms with Crippen LogP contribution >= 0.6 is 46.6 Å². The van der Waals surface area contributed by atoms with Crippen molar-refractivity contribution in [3.05, 3.63) is 57.0 Å². The number of aliphatic hydroxyl groups is 1. The number of aliphatic hydroxyl groups excluding tert-OH is 1. The van der Waals surface area contributed by atoms with E-state index in [-0.39, 0.29) is 0 Å². The van der Waals surface area contributed by atoms with Crippen molar-refractivity contribution < 1.29 is 5.11 Å². The van der Waals surface area contributed by atoms with Crippen molar-refractivity contribution in [1.29, 1.82) is 0 Å². The van der Waals surface area contributed by atoms with Crippen molar-refractivity contribution in [2.75, 3.05) is 0 Å². The van der Waals surface area contributed by atoms with Crippen molar-refractivity contribution in [1.82, 2.24) is 0 Å². The highest BCUT2D eigenvalue weighted by molar-refractivity contribution is 7.99. The topological polar surface area (TPSA) is 20.2 Å². The summed E-state index contributed by atoms with van der Waals surface area (Å²) in [5.41, 5.74) is 0.711. The highest BCUT2D eigenvalue weighted by atomic mass is 35.5. The van der Waals surface area contributed by atoms with E-state index in [0.717, 1.165) is 9.79 Å². The molecule has 0 saturated heterocycles. The molecule has 0 heterocycles. The van der Waals surface area contributed by atoms with E-state index in [1.807, 2.05) is 24.3 Å². The normalized spacial score (nSPS) is 12.5. The van der Waals surface area contributed by atoms with E-state index >= 15 is 0 Å². The second kappa shape index (κ2) is 6.38. The molecule has 1 N–H and O–H groups in total. The SMILES string of the molecule is CC(O)c1ccc(Sc2cc(Cl)ccc2Cl)cc1Cl. The molecule has 0 amide bonds. The van der Waals surface area contributed by atoms with Crippen LogP contribution in [0.4, 0.5) is 0 Å². The van der Waals surface area contributed by atoms with Gasteiger partial charge in [0.05, 0.1) is 11.1 Å². The van der Waals surface area contributed by atoms with Crippen molar-refractivity contribution in [2.45, 2.75) is 22.8 Å². The van der Waals surface area contributed by atoms with Crippen LogP contribution in [0.1, 0.15) is 18.6 Å². The summed E-state index contributed by atoms with van der Waals surface area (Å²) in [6, 6.07) is 10.8. The lowest BCUT2D eigenvalue weighted by molar-refractivity contribution is 0.199. The first kappa shape index (κ1) is 15.0. The van der Waals surface area contributed by atoms with E-state index in [1.165, 1.54) is 11.8 Å². The molecule has 0 aliphatic carbocycles. The molecule has 1 unspecified atom stereocenters. The van der Waals surface area contributed by atoms with Gasteiger partial charge in [-0.1, -0.05) is 52.6 Å². The van der Waals surface area contributed by atoms with Crippen molar-refractivity contribution in [3.63, 3.8) is 0 Å². The fraction of sp³-hybridized carbons (Fsp3) is 0.143. The molecule has 0 radical (unpaired) electrons. The lowest BCUT2D eigenvalue weighted by Crippen LogP contribution is -1.92. The highest BCUT2D eigenvalue weighted by Gasteiger charge is 2.09. The maximum atomic E-state index is 9.54. The third-order valence-corrected chi connectivity index (χ3v) is 4.59. The van der Waals surface area contributed by atoms with Crippen LogP contribution in [0.2, 0.25) is 15.1 Å². The van der Waals surface area contributed by atoms with E-state index in [9.17, 15) is 5.11 Å². The van der Waals surface area contributed by atoms with E-state index < -0.39 is 6.10 Å². The second-order valence-corrected chi connectivity index (χ2v) is 6.40. The average molecular weight is 334 g/mol. The molecule has 5 heteroatoms. The predicted octanol–water partition coefficient (Wildman–Crippen LogP) is 5.85. The van der Waals surface area contributed by atoms with Gasteiger partial charge in [0, 0.05) is 19.8 Å².